The van der Waals surface area contributed by atoms with Gasteiger partial charge < -0.3 is 9.88 Å². The first-order valence-corrected chi connectivity index (χ1v) is 9.37. The van der Waals surface area contributed by atoms with Crippen molar-refractivity contribution in [2.24, 2.45) is 14.1 Å². The molecular weight excluding hydrogens is 356 g/mol. The average Bonchev–Trinajstić information content (AvgIpc) is 3.40. The molecule has 28 heavy (non-hydrogen) atoms. The van der Waals surface area contributed by atoms with E-state index in [-0.39, 0.29) is 23.3 Å². The summed E-state index contributed by atoms with van der Waals surface area (Å²) in [4.78, 5) is 34.0. The summed E-state index contributed by atoms with van der Waals surface area (Å²) >= 11 is 0. The van der Waals surface area contributed by atoms with Crippen molar-refractivity contribution in [2.75, 3.05) is 18.0 Å². The van der Waals surface area contributed by atoms with E-state index in [1.807, 2.05) is 24.4 Å². The molecule has 3 aromatic rings. The number of nitrogens with one attached hydrogen (secondary N) is 2. The highest BCUT2D eigenvalue weighted by Gasteiger charge is 2.28. The van der Waals surface area contributed by atoms with Crippen molar-refractivity contribution in [3.05, 3.63) is 81.0 Å². The number of anilines is 1. The summed E-state index contributed by atoms with van der Waals surface area (Å²) in [6.07, 6.45) is 4.49. The molecule has 8 heteroatoms. The molecule has 1 aliphatic rings. The number of hydrogen-bond acceptors (Lipinski definition) is 5. The summed E-state index contributed by atoms with van der Waals surface area (Å²) in [6.45, 7) is 1.49. The summed E-state index contributed by atoms with van der Waals surface area (Å²) in [5, 5.41) is 3.69. The highest BCUT2D eigenvalue weighted by molar-refractivity contribution is 5.40. The number of aromatic amines is 1. The molecule has 2 aromatic heterocycles. The van der Waals surface area contributed by atoms with Gasteiger partial charge in [-0.05, 0) is 12.0 Å². The van der Waals surface area contributed by atoms with Gasteiger partial charge in [0.15, 0.2) is 0 Å². The fourth-order valence-corrected chi connectivity index (χ4v) is 3.78. The second-order valence-electron chi connectivity index (χ2n) is 7.16. The number of imidazole rings is 1. The van der Waals surface area contributed by atoms with Crippen LogP contribution in [0.2, 0.25) is 0 Å². The molecule has 1 aromatic carbocycles. The van der Waals surface area contributed by atoms with Gasteiger partial charge in [0.05, 0.1) is 6.04 Å². The monoisotopic (exact) mass is 380 g/mol. The standard InChI is InChI=1S/C20H24N6O2/c1-24-16(12-17(27)25(2)20(24)28)26-11-8-15(13-26)23-18(19-21-9-10-22-19)14-6-4-3-5-7-14/h3-7,9-10,12,15,18,23H,8,11,13H2,1-2H3,(H,21,22)/t15-,18?/m1/s1. The highest BCUT2D eigenvalue weighted by atomic mass is 16.2. The van der Waals surface area contributed by atoms with E-state index in [9.17, 15) is 9.59 Å². The zero-order chi connectivity index (χ0) is 19.7. The minimum atomic E-state index is -0.309. The molecular formula is C20H24N6O2. The number of nitrogens with zero attached hydrogens (tertiary/aromatic N) is 4. The maximum absolute atomic E-state index is 12.2. The third kappa shape index (κ3) is 3.38. The predicted molar refractivity (Wildman–Crippen MR) is 108 cm³/mol. The Kier molecular flexibility index (Phi) is 4.87. The molecule has 0 radical (unpaired) electrons. The Morgan fingerprint density at radius 2 is 1.96 bits per heavy atom. The van der Waals surface area contributed by atoms with Gasteiger partial charge in [-0.15, -0.1) is 0 Å². The van der Waals surface area contributed by atoms with Gasteiger partial charge in [0.2, 0.25) is 0 Å². The normalized spacial score (nSPS) is 17.8. The van der Waals surface area contributed by atoms with Gasteiger partial charge >= 0.3 is 5.69 Å². The predicted octanol–water partition coefficient (Wildman–Crippen LogP) is 0.765. The first-order valence-electron chi connectivity index (χ1n) is 9.37. The van der Waals surface area contributed by atoms with E-state index in [0.29, 0.717) is 12.4 Å². The van der Waals surface area contributed by atoms with E-state index < -0.39 is 0 Å². The van der Waals surface area contributed by atoms with Crippen LogP contribution in [0.15, 0.2) is 58.4 Å². The third-order valence-corrected chi connectivity index (χ3v) is 5.34. The van der Waals surface area contributed by atoms with Gasteiger partial charge in [0, 0.05) is 51.7 Å². The third-order valence-electron chi connectivity index (χ3n) is 5.34. The molecule has 8 nitrogen and oxygen atoms in total. The van der Waals surface area contributed by atoms with Crippen LogP contribution in [-0.2, 0) is 14.1 Å². The lowest BCUT2D eigenvalue weighted by Gasteiger charge is -2.24. The lowest BCUT2D eigenvalue weighted by atomic mass is 10.0. The van der Waals surface area contributed by atoms with Gasteiger partial charge in [0.25, 0.3) is 5.56 Å². The molecule has 1 unspecified atom stereocenters. The van der Waals surface area contributed by atoms with E-state index in [1.54, 1.807) is 13.2 Å². The SMILES string of the molecule is Cn1c(N2CC[C@@H](NC(c3ccccc3)c3ncc[nH]3)C2)cc(=O)n(C)c1=O. The first kappa shape index (κ1) is 18.2. The maximum Gasteiger partial charge on any atom is 0.332 e. The molecule has 4 rings (SSSR count). The lowest BCUT2D eigenvalue weighted by Crippen LogP contribution is -2.41. The Bertz CT molecular complexity index is 1050. The number of hydrogen-bond donors (Lipinski definition) is 2. The summed E-state index contributed by atoms with van der Waals surface area (Å²) in [6, 6.07) is 11.9. The van der Waals surface area contributed by atoms with Crippen molar-refractivity contribution in [2.45, 2.75) is 18.5 Å². The smallest absolute Gasteiger partial charge is 0.332 e. The molecule has 1 fully saturated rings. The number of aromatic nitrogens is 4. The molecule has 2 atom stereocenters. The quantitative estimate of drug-likeness (QED) is 0.683. The molecule has 0 bridgehead atoms. The van der Waals surface area contributed by atoms with Crippen LogP contribution in [0, 0.1) is 0 Å². The van der Waals surface area contributed by atoms with Gasteiger partial charge in [-0.3, -0.25) is 19.2 Å². The molecule has 3 heterocycles. The second kappa shape index (κ2) is 7.47. The molecule has 2 N–H and O–H groups in total. The van der Waals surface area contributed by atoms with Crippen molar-refractivity contribution in [1.29, 1.82) is 0 Å². The summed E-state index contributed by atoms with van der Waals surface area (Å²) in [7, 11) is 3.20. The highest BCUT2D eigenvalue weighted by Crippen LogP contribution is 2.23. The van der Waals surface area contributed by atoms with Gasteiger partial charge in [-0.25, -0.2) is 9.78 Å². The van der Waals surface area contributed by atoms with E-state index >= 15 is 0 Å². The molecule has 1 saturated heterocycles. The number of benzene rings is 1. The zero-order valence-corrected chi connectivity index (χ0v) is 16.0. The number of H-pyrrole nitrogens is 1. The van der Waals surface area contributed by atoms with Gasteiger partial charge in [-0.2, -0.15) is 0 Å². The van der Waals surface area contributed by atoms with E-state index in [4.69, 9.17) is 0 Å². The van der Waals surface area contributed by atoms with E-state index in [0.717, 1.165) is 28.9 Å². The van der Waals surface area contributed by atoms with Crippen molar-refractivity contribution in [3.8, 4) is 0 Å². The zero-order valence-electron chi connectivity index (χ0n) is 16.0. The van der Waals surface area contributed by atoms with E-state index in [1.165, 1.54) is 17.7 Å². The van der Waals surface area contributed by atoms with E-state index in [2.05, 4.69) is 32.3 Å². The van der Waals surface area contributed by atoms with Crippen molar-refractivity contribution in [1.82, 2.24) is 24.4 Å². The lowest BCUT2D eigenvalue weighted by molar-refractivity contribution is 0.487. The largest absolute Gasteiger partial charge is 0.356 e. The Hall–Kier alpha value is -3.13. The Labute approximate surface area is 162 Å². The van der Waals surface area contributed by atoms with Crippen LogP contribution in [0.3, 0.4) is 0 Å². The van der Waals surface area contributed by atoms with Crippen molar-refractivity contribution < 1.29 is 0 Å². The summed E-state index contributed by atoms with van der Waals surface area (Å²) in [5.74, 6) is 1.53. The molecule has 0 saturated carbocycles. The Balaban J connectivity index is 1.56. The van der Waals surface area contributed by atoms with Crippen molar-refractivity contribution in [3.63, 3.8) is 0 Å². The molecule has 0 spiro atoms. The van der Waals surface area contributed by atoms with Crippen LogP contribution in [0.1, 0.15) is 23.9 Å². The molecule has 1 aliphatic heterocycles. The van der Waals surface area contributed by atoms with Crippen LogP contribution in [0.5, 0.6) is 0 Å². The number of rotatable bonds is 5. The van der Waals surface area contributed by atoms with Crippen LogP contribution >= 0.6 is 0 Å². The fourth-order valence-electron chi connectivity index (χ4n) is 3.78. The average molecular weight is 380 g/mol. The summed E-state index contributed by atoms with van der Waals surface area (Å²) < 4.78 is 2.66. The van der Waals surface area contributed by atoms with Crippen LogP contribution in [0.4, 0.5) is 5.82 Å². The molecule has 146 valence electrons. The first-order chi connectivity index (χ1) is 13.5. The molecule has 0 amide bonds. The molecule has 0 aliphatic carbocycles. The minimum Gasteiger partial charge on any atom is -0.356 e. The Morgan fingerprint density at radius 1 is 1.18 bits per heavy atom. The van der Waals surface area contributed by atoms with Gasteiger partial charge in [0.1, 0.15) is 11.6 Å². The maximum atomic E-state index is 12.2. The van der Waals surface area contributed by atoms with Crippen LogP contribution in [0.25, 0.3) is 0 Å². The van der Waals surface area contributed by atoms with Crippen LogP contribution < -0.4 is 21.5 Å². The van der Waals surface area contributed by atoms with Crippen LogP contribution in [-0.4, -0.2) is 38.2 Å². The Morgan fingerprint density at radius 3 is 2.68 bits per heavy atom. The van der Waals surface area contributed by atoms with Gasteiger partial charge in [-0.1, -0.05) is 30.3 Å². The minimum absolute atomic E-state index is 0.0476. The fraction of sp³-hybridized carbons (Fsp3) is 0.350. The summed E-state index contributed by atoms with van der Waals surface area (Å²) in [5.41, 5.74) is 0.542. The topological polar surface area (TPSA) is 87.9 Å². The van der Waals surface area contributed by atoms with Crippen molar-refractivity contribution >= 4 is 5.82 Å². The second-order valence-corrected chi connectivity index (χ2v) is 7.16.